The van der Waals surface area contributed by atoms with E-state index >= 15 is 0 Å². The van der Waals surface area contributed by atoms with Gasteiger partial charge in [-0.3, -0.25) is 9.69 Å². The summed E-state index contributed by atoms with van der Waals surface area (Å²) < 4.78 is 30.7. The van der Waals surface area contributed by atoms with Crippen LogP contribution in [0.5, 0.6) is 0 Å². The Morgan fingerprint density at radius 3 is 2.81 bits per heavy atom. The molecule has 4 rings (SSSR count). The normalized spacial score (nSPS) is 10.8. The molecule has 2 aromatic carbocycles. The third kappa shape index (κ3) is 5.23. The monoisotopic (exact) mass is 546 g/mol. The number of carbonyl (C=O) groups is 1. The third-order valence-electron chi connectivity index (χ3n) is 4.39. The molecule has 31 heavy (non-hydrogen) atoms. The van der Waals surface area contributed by atoms with Crippen molar-refractivity contribution >= 4 is 72.5 Å². The molecular formula is C20H15BrCl2F2N4OS. The van der Waals surface area contributed by atoms with Crippen molar-refractivity contribution in [1.82, 2.24) is 14.5 Å². The smallest absolute Gasteiger partial charge is 0.261 e. The van der Waals surface area contributed by atoms with Gasteiger partial charge in [-0.05, 0) is 30.7 Å². The van der Waals surface area contributed by atoms with Gasteiger partial charge in [-0.15, -0.1) is 12.4 Å². The number of benzene rings is 2. The van der Waals surface area contributed by atoms with E-state index in [1.54, 1.807) is 30.7 Å². The van der Waals surface area contributed by atoms with Gasteiger partial charge in [0.15, 0.2) is 10.9 Å². The Hall–Kier alpha value is -2.07. The largest absolute Gasteiger partial charge is 0.337 e. The Bertz CT molecular complexity index is 1220. The van der Waals surface area contributed by atoms with Gasteiger partial charge in [0.05, 0.1) is 21.6 Å². The van der Waals surface area contributed by atoms with Crippen molar-refractivity contribution < 1.29 is 13.6 Å². The summed E-state index contributed by atoms with van der Waals surface area (Å²) in [6.45, 7) is 0.938. The van der Waals surface area contributed by atoms with Crippen molar-refractivity contribution in [2.75, 3.05) is 11.4 Å². The Morgan fingerprint density at radius 2 is 2.06 bits per heavy atom. The maximum absolute atomic E-state index is 14.2. The fourth-order valence-corrected chi connectivity index (χ4v) is 4.57. The fraction of sp³-hybridized carbons (Fsp3) is 0.150. The number of amides is 1. The van der Waals surface area contributed by atoms with E-state index in [9.17, 15) is 13.6 Å². The van der Waals surface area contributed by atoms with Crippen LogP contribution in [0.4, 0.5) is 13.9 Å². The number of thiazole rings is 1. The molecule has 0 aliphatic carbocycles. The molecular weight excluding hydrogens is 533 g/mol. The fourth-order valence-electron chi connectivity index (χ4n) is 2.98. The summed E-state index contributed by atoms with van der Waals surface area (Å²) in [4.78, 5) is 23.1. The molecule has 2 aromatic heterocycles. The number of carbonyl (C=O) groups excluding carboxylic acids is 1. The number of imidazole rings is 1. The molecule has 0 saturated heterocycles. The second-order valence-corrected chi connectivity index (χ2v) is 8.80. The van der Waals surface area contributed by atoms with E-state index < -0.39 is 11.6 Å². The average Bonchev–Trinajstić information content (AvgIpc) is 3.36. The first-order chi connectivity index (χ1) is 14.4. The summed E-state index contributed by atoms with van der Waals surface area (Å²) in [5, 5.41) is 0.572. The third-order valence-corrected chi connectivity index (χ3v) is 6.24. The molecule has 162 valence electrons. The van der Waals surface area contributed by atoms with E-state index in [0.717, 1.165) is 17.4 Å². The predicted molar refractivity (Wildman–Crippen MR) is 124 cm³/mol. The van der Waals surface area contributed by atoms with Crippen LogP contribution in [0.25, 0.3) is 10.2 Å². The van der Waals surface area contributed by atoms with Gasteiger partial charge in [-0.1, -0.05) is 38.9 Å². The minimum absolute atomic E-state index is 0. The highest BCUT2D eigenvalue weighted by atomic mass is 79.9. The Labute approximate surface area is 200 Å². The Balaban J connectivity index is 0.00000272. The van der Waals surface area contributed by atoms with Gasteiger partial charge in [0.2, 0.25) is 0 Å². The van der Waals surface area contributed by atoms with Crippen LogP contribution < -0.4 is 4.90 Å². The van der Waals surface area contributed by atoms with Crippen molar-refractivity contribution in [3.05, 3.63) is 75.7 Å². The zero-order chi connectivity index (χ0) is 21.3. The van der Waals surface area contributed by atoms with Gasteiger partial charge < -0.3 is 4.57 Å². The standard InChI is InChI=1S/C20H14BrClF2N4OS.ClH/c21-12-2-3-15(22)14(8-12)19(29)28(6-1-5-27-7-4-25-11-27)20-26-18-16(24)9-13(23)10-17(18)30-20;/h2-4,7-11H,1,5-6H2;1H. The van der Waals surface area contributed by atoms with E-state index in [1.165, 1.54) is 11.0 Å². The summed E-state index contributed by atoms with van der Waals surface area (Å²) >= 11 is 10.7. The lowest BCUT2D eigenvalue weighted by Crippen LogP contribution is -2.32. The SMILES string of the molecule is Cl.O=C(c1cc(Br)ccc1Cl)N(CCCn1ccnc1)c1nc2c(F)cc(F)cc2s1. The first-order valence-corrected chi connectivity index (χ1v) is 10.9. The maximum Gasteiger partial charge on any atom is 0.261 e. The van der Waals surface area contributed by atoms with E-state index in [0.29, 0.717) is 39.3 Å². The van der Waals surface area contributed by atoms with Crippen LogP contribution in [-0.2, 0) is 6.54 Å². The van der Waals surface area contributed by atoms with Crippen molar-refractivity contribution in [2.45, 2.75) is 13.0 Å². The molecule has 0 aliphatic heterocycles. The lowest BCUT2D eigenvalue weighted by Gasteiger charge is -2.21. The topological polar surface area (TPSA) is 51.0 Å². The van der Waals surface area contributed by atoms with Crippen LogP contribution >= 0.6 is 51.3 Å². The molecule has 4 aromatic rings. The van der Waals surface area contributed by atoms with Crippen molar-refractivity contribution in [3.63, 3.8) is 0 Å². The van der Waals surface area contributed by atoms with E-state index in [-0.39, 0.29) is 29.0 Å². The quantitative estimate of drug-likeness (QED) is 0.283. The molecule has 5 nitrogen and oxygen atoms in total. The summed E-state index contributed by atoms with van der Waals surface area (Å²) in [6, 6.07) is 6.97. The number of anilines is 1. The summed E-state index contributed by atoms with van der Waals surface area (Å²) in [6.07, 6.45) is 5.79. The van der Waals surface area contributed by atoms with Gasteiger partial charge in [0.25, 0.3) is 5.91 Å². The molecule has 0 spiro atoms. The highest BCUT2D eigenvalue weighted by Crippen LogP contribution is 2.33. The number of hydrogen-bond donors (Lipinski definition) is 0. The van der Waals surface area contributed by atoms with Crippen LogP contribution in [0.1, 0.15) is 16.8 Å². The number of halogens is 5. The first-order valence-electron chi connectivity index (χ1n) is 8.90. The van der Waals surface area contributed by atoms with E-state index in [4.69, 9.17) is 11.6 Å². The van der Waals surface area contributed by atoms with E-state index in [2.05, 4.69) is 25.9 Å². The molecule has 0 fully saturated rings. The highest BCUT2D eigenvalue weighted by molar-refractivity contribution is 9.10. The number of hydrogen-bond acceptors (Lipinski definition) is 4. The first kappa shape index (κ1) is 23.6. The van der Waals surface area contributed by atoms with Crippen LogP contribution in [0.2, 0.25) is 5.02 Å². The minimum atomic E-state index is -0.765. The summed E-state index contributed by atoms with van der Waals surface area (Å²) in [5.74, 6) is -1.83. The minimum Gasteiger partial charge on any atom is -0.337 e. The van der Waals surface area contributed by atoms with Gasteiger partial charge in [-0.2, -0.15) is 0 Å². The molecule has 11 heteroatoms. The van der Waals surface area contributed by atoms with Crippen LogP contribution in [-0.4, -0.2) is 27.0 Å². The lowest BCUT2D eigenvalue weighted by atomic mass is 10.2. The van der Waals surface area contributed by atoms with Crippen molar-refractivity contribution in [2.24, 2.45) is 0 Å². The van der Waals surface area contributed by atoms with Crippen LogP contribution in [0.15, 0.2) is 53.5 Å². The molecule has 0 aliphatic rings. The average molecular weight is 548 g/mol. The van der Waals surface area contributed by atoms with E-state index in [1.807, 2.05) is 10.8 Å². The second-order valence-electron chi connectivity index (χ2n) is 6.47. The van der Waals surface area contributed by atoms with Gasteiger partial charge >= 0.3 is 0 Å². The molecule has 0 N–H and O–H groups in total. The predicted octanol–water partition coefficient (Wildman–Crippen LogP) is 6.35. The molecule has 0 unspecified atom stereocenters. The number of aryl methyl sites for hydroxylation is 1. The van der Waals surface area contributed by atoms with Crippen LogP contribution in [0.3, 0.4) is 0 Å². The molecule has 1 amide bonds. The number of fused-ring (bicyclic) bond motifs is 1. The molecule has 0 radical (unpaired) electrons. The number of rotatable bonds is 6. The van der Waals surface area contributed by atoms with Gasteiger partial charge in [0, 0.05) is 36.0 Å². The van der Waals surface area contributed by atoms with Crippen molar-refractivity contribution in [3.8, 4) is 0 Å². The Kier molecular flexibility index (Phi) is 7.64. The summed E-state index contributed by atoms with van der Waals surface area (Å²) in [5.41, 5.74) is 0.323. The summed E-state index contributed by atoms with van der Waals surface area (Å²) in [7, 11) is 0. The van der Waals surface area contributed by atoms with Crippen LogP contribution in [0, 0.1) is 11.6 Å². The molecule has 0 atom stereocenters. The molecule has 0 bridgehead atoms. The molecule has 0 saturated carbocycles. The van der Waals surface area contributed by atoms with Gasteiger partial charge in [-0.25, -0.2) is 18.7 Å². The van der Waals surface area contributed by atoms with Gasteiger partial charge in [0.1, 0.15) is 11.3 Å². The number of nitrogens with zero attached hydrogens (tertiary/aromatic N) is 4. The zero-order valence-corrected chi connectivity index (χ0v) is 19.7. The number of aromatic nitrogens is 3. The second kappa shape index (κ2) is 10.0. The van der Waals surface area contributed by atoms with Crippen molar-refractivity contribution in [1.29, 1.82) is 0 Å². The Morgan fingerprint density at radius 1 is 1.26 bits per heavy atom. The zero-order valence-electron chi connectivity index (χ0n) is 15.8. The molecule has 2 heterocycles. The maximum atomic E-state index is 14.2. The lowest BCUT2D eigenvalue weighted by molar-refractivity contribution is 0.0986. The highest BCUT2D eigenvalue weighted by Gasteiger charge is 2.24.